The van der Waals surface area contributed by atoms with Gasteiger partial charge in [0.15, 0.2) is 5.78 Å². The zero-order valence-electron chi connectivity index (χ0n) is 8.61. The van der Waals surface area contributed by atoms with Crippen LogP contribution in [0.3, 0.4) is 0 Å². The number of hydrogen-bond acceptors (Lipinski definition) is 5. The van der Waals surface area contributed by atoms with E-state index in [0.29, 0.717) is 11.0 Å². The highest BCUT2D eigenvalue weighted by Gasteiger charge is 2.16. The lowest BCUT2D eigenvalue weighted by Crippen LogP contribution is -2.19. The minimum atomic E-state index is -0.382. The standard InChI is InChI=1S/C11H10N2O3/c1-6(14)9-10(15)7-4-2-3-5-8(7)16-11(9)13-12/h2-5,13H,12H2,1H3. The Morgan fingerprint density at radius 3 is 2.69 bits per heavy atom. The fourth-order valence-electron chi connectivity index (χ4n) is 1.56. The topological polar surface area (TPSA) is 85.3 Å². The summed E-state index contributed by atoms with van der Waals surface area (Å²) in [6, 6.07) is 6.69. The number of anilines is 1. The van der Waals surface area contributed by atoms with E-state index in [1.54, 1.807) is 24.3 Å². The molecule has 5 heteroatoms. The third-order valence-corrected chi connectivity index (χ3v) is 2.28. The van der Waals surface area contributed by atoms with Crippen molar-refractivity contribution in [2.24, 2.45) is 5.84 Å². The van der Waals surface area contributed by atoms with Crippen molar-refractivity contribution in [3.8, 4) is 0 Å². The summed E-state index contributed by atoms with van der Waals surface area (Å²) in [5, 5.41) is 0.367. The van der Waals surface area contributed by atoms with E-state index in [4.69, 9.17) is 10.3 Å². The number of nitrogen functional groups attached to an aromatic ring is 1. The van der Waals surface area contributed by atoms with Crippen molar-refractivity contribution in [3.05, 3.63) is 40.1 Å². The molecule has 16 heavy (non-hydrogen) atoms. The lowest BCUT2D eigenvalue weighted by atomic mass is 10.1. The third-order valence-electron chi connectivity index (χ3n) is 2.28. The van der Waals surface area contributed by atoms with Gasteiger partial charge in [-0.1, -0.05) is 12.1 Å². The van der Waals surface area contributed by atoms with Gasteiger partial charge in [-0.3, -0.25) is 15.0 Å². The van der Waals surface area contributed by atoms with Gasteiger partial charge in [0.05, 0.1) is 5.39 Å². The summed E-state index contributed by atoms with van der Waals surface area (Å²) < 4.78 is 5.33. The van der Waals surface area contributed by atoms with Crippen LogP contribution in [0.1, 0.15) is 17.3 Å². The van der Waals surface area contributed by atoms with Crippen LogP contribution < -0.4 is 16.7 Å². The van der Waals surface area contributed by atoms with Crippen molar-refractivity contribution in [2.75, 3.05) is 5.43 Å². The summed E-state index contributed by atoms with van der Waals surface area (Å²) in [6.45, 7) is 1.29. The molecule has 0 atom stereocenters. The lowest BCUT2D eigenvalue weighted by molar-refractivity contribution is 0.101. The van der Waals surface area contributed by atoms with Crippen molar-refractivity contribution in [2.45, 2.75) is 6.92 Å². The number of hydrogen-bond donors (Lipinski definition) is 2. The van der Waals surface area contributed by atoms with Gasteiger partial charge in [-0.25, -0.2) is 5.84 Å². The molecule has 3 N–H and O–H groups in total. The van der Waals surface area contributed by atoms with E-state index >= 15 is 0 Å². The number of Topliss-reactive ketones (excluding diaryl/α,β-unsaturated/α-hetero) is 1. The van der Waals surface area contributed by atoms with Crippen LogP contribution in [0.25, 0.3) is 11.0 Å². The second kappa shape index (κ2) is 3.79. The van der Waals surface area contributed by atoms with E-state index in [-0.39, 0.29) is 22.7 Å². The van der Waals surface area contributed by atoms with Crippen molar-refractivity contribution in [1.82, 2.24) is 0 Å². The molecule has 0 saturated carbocycles. The van der Waals surface area contributed by atoms with Gasteiger partial charge in [-0.2, -0.15) is 0 Å². The monoisotopic (exact) mass is 218 g/mol. The summed E-state index contributed by atoms with van der Waals surface area (Å²) in [5.41, 5.74) is 2.19. The van der Waals surface area contributed by atoms with Gasteiger partial charge in [0.2, 0.25) is 11.3 Å². The second-order valence-electron chi connectivity index (χ2n) is 3.33. The number of ketones is 1. The van der Waals surface area contributed by atoms with Crippen LogP contribution in [0.4, 0.5) is 5.88 Å². The van der Waals surface area contributed by atoms with Gasteiger partial charge in [-0.15, -0.1) is 0 Å². The molecule has 0 radical (unpaired) electrons. The van der Waals surface area contributed by atoms with Crippen LogP contribution in [-0.2, 0) is 0 Å². The molecular weight excluding hydrogens is 208 g/mol. The number of rotatable bonds is 2. The molecule has 0 aliphatic heterocycles. The zero-order chi connectivity index (χ0) is 11.7. The lowest BCUT2D eigenvalue weighted by Gasteiger charge is -2.05. The SMILES string of the molecule is CC(=O)c1c(NN)oc2ccccc2c1=O. The highest BCUT2D eigenvalue weighted by molar-refractivity contribution is 6.00. The Kier molecular flexibility index (Phi) is 2.46. The van der Waals surface area contributed by atoms with E-state index in [2.05, 4.69) is 5.43 Å². The minimum absolute atomic E-state index is 0.00352. The van der Waals surface area contributed by atoms with Gasteiger partial charge in [0, 0.05) is 0 Å². The number of nitrogens with two attached hydrogens (primary N) is 1. The Balaban J connectivity index is 2.94. The number of carbonyl (C=O) groups is 1. The van der Waals surface area contributed by atoms with E-state index in [1.807, 2.05) is 0 Å². The molecule has 1 heterocycles. The largest absolute Gasteiger partial charge is 0.438 e. The summed E-state index contributed by atoms with van der Waals surface area (Å²) in [5.74, 6) is 4.83. The Labute approximate surface area is 90.8 Å². The first-order chi connectivity index (χ1) is 7.65. The fraction of sp³-hybridized carbons (Fsp3) is 0.0909. The number of nitrogens with one attached hydrogen (secondary N) is 1. The smallest absolute Gasteiger partial charge is 0.222 e. The predicted octanol–water partition coefficient (Wildman–Crippen LogP) is 1.28. The van der Waals surface area contributed by atoms with Gasteiger partial charge in [-0.05, 0) is 19.1 Å². The summed E-state index contributed by atoms with van der Waals surface area (Å²) in [7, 11) is 0. The molecule has 0 aliphatic carbocycles. The van der Waals surface area contributed by atoms with Crippen LogP contribution in [0.5, 0.6) is 0 Å². The predicted molar refractivity (Wildman–Crippen MR) is 60.3 cm³/mol. The Bertz CT molecular complexity index is 616. The molecule has 0 aliphatic rings. The van der Waals surface area contributed by atoms with Crippen LogP contribution in [0.2, 0.25) is 0 Å². The maximum atomic E-state index is 12.0. The first kappa shape index (κ1) is 10.4. The highest BCUT2D eigenvalue weighted by Crippen LogP contribution is 2.19. The number of carbonyl (C=O) groups excluding carboxylic acids is 1. The highest BCUT2D eigenvalue weighted by atomic mass is 16.4. The summed E-state index contributed by atoms with van der Waals surface area (Å²) >= 11 is 0. The van der Waals surface area contributed by atoms with Crippen molar-refractivity contribution < 1.29 is 9.21 Å². The second-order valence-corrected chi connectivity index (χ2v) is 3.33. The third kappa shape index (κ3) is 1.47. The fourth-order valence-corrected chi connectivity index (χ4v) is 1.56. The Morgan fingerprint density at radius 1 is 1.38 bits per heavy atom. The zero-order valence-corrected chi connectivity index (χ0v) is 8.61. The first-order valence-corrected chi connectivity index (χ1v) is 4.68. The van der Waals surface area contributed by atoms with Crippen LogP contribution in [0.15, 0.2) is 33.5 Å². The molecular formula is C11H10N2O3. The van der Waals surface area contributed by atoms with Gasteiger partial charge in [0.1, 0.15) is 11.1 Å². The van der Waals surface area contributed by atoms with Crippen LogP contribution in [0, 0.1) is 0 Å². The normalized spacial score (nSPS) is 10.4. The van der Waals surface area contributed by atoms with Crippen molar-refractivity contribution in [3.63, 3.8) is 0 Å². The average Bonchev–Trinajstić information content (AvgIpc) is 2.28. The number of hydrazine groups is 1. The molecule has 82 valence electrons. The Hall–Kier alpha value is -2.14. The molecule has 0 spiro atoms. The van der Waals surface area contributed by atoms with Crippen LogP contribution in [-0.4, -0.2) is 5.78 Å². The number of fused-ring (bicyclic) bond motifs is 1. The molecule has 0 fully saturated rings. The number of para-hydroxylation sites is 1. The molecule has 0 saturated heterocycles. The van der Waals surface area contributed by atoms with Crippen molar-refractivity contribution in [1.29, 1.82) is 0 Å². The maximum Gasteiger partial charge on any atom is 0.222 e. The van der Waals surface area contributed by atoms with E-state index in [9.17, 15) is 9.59 Å². The molecule has 0 bridgehead atoms. The van der Waals surface area contributed by atoms with Gasteiger partial charge >= 0.3 is 0 Å². The molecule has 0 unspecified atom stereocenters. The van der Waals surface area contributed by atoms with E-state index < -0.39 is 0 Å². The van der Waals surface area contributed by atoms with Crippen LogP contribution >= 0.6 is 0 Å². The van der Waals surface area contributed by atoms with Gasteiger partial charge < -0.3 is 4.42 Å². The van der Waals surface area contributed by atoms with Gasteiger partial charge in [0.25, 0.3) is 0 Å². The average molecular weight is 218 g/mol. The summed E-state index contributed by atoms with van der Waals surface area (Å²) in [4.78, 5) is 23.3. The van der Waals surface area contributed by atoms with Crippen molar-refractivity contribution >= 4 is 22.6 Å². The molecule has 1 aromatic carbocycles. The molecule has 2 rings (SSSR count). The minimum Gasteiger partial charge on any atom is -0.438 e. The quantitative estimate of drug-likeness (QED) is 0.450. The first-order valence-electron chi connectivity index (χ1n) is 4.68. The Morgan fingerprint density at radius 2 is 2.06 bits per heavy atom. The molecule has 0 amide bonds. The summed E-state index contributed by atoms with van der Waals surface area (Å²) in [6.07, 6.45) is 0. The molecule has 5 nitrogen and oxygen atoms in total. The van der Waals surface area contributed by atoms with E-state index in [0.717, 1.165) is 0 Å². The molecule has 1 aromatic heterocycles. The number of benzene rings is 1. The maximum absolute atomic E-state index is 12.0. The van der Waals surface area contributed by atoms with E-state index in [1.165, 1.54) is 6.92 Å². The molecule has 2 aromatic rings.